The lowest BCUT2D eigenvalue weighted by Crippen LogP contribution is -2.24. The minimum absolute atomic E-state index is 0.0111. The van der Waals surface area contributed by atoms with Gasteiger partial charge < -0.3 is 9.47 Å². The number of carbonyl (C=O) groups excluding carboxylic acids is 1. The summed E-state index contributed by atoms with van der Waals surface area (Å²) in [6.45, 7) is 7.40. The van der Waals surface area contributed by atoms with Crippen LogP contribution in [0.5, 0.6) is 5.75 Å². The number of ether oxygens (including phenoxy) is 2. The van der Waals surface area contributed by atoms with Crippen molar-refractivity contribution in [3.05, 3.63) is 80.8 Å². The average molecular weight is 550 g/mol. The van der Waals surface area contributed by atoms with Crippen molar-refractivity contribution >= 4 is 49.8 Å². The van der Waals surface area contributed by atoms with Gasteiger partial charge in [0.1, 0.15) is 11.6 Å². The number of aromatic nitrogens is 2. The van der Waals surface area contributed by atoms with Crippen molar-refractivity contribution in [1.29, 1.82) is 0 Å². The molecule has 0 N–H and O–H groups in total. The van der Waals surface area contributed by atoms with Gasteiger partial charge in [-0.25, -0.2) is 9.78 Å². The highest BCUT2D eigenvalue weighted by molar-refractivity contribution is 9.10. The smallest absolute Gasteiger partial charge is 0.344 e. The van der Waals surface area contributed by atoms with Gasteiger partial charge in [-0.15, -0.1) is 0 Å². The van der Waals surface area contributed by atoms with Crippen LogP contribution < -0.4 is 10.3 Å². The molecule has 0 saturated heterocycles. The highest BCUT2D eigenvalue weighted by atomic mass is 79.9. The summed E-state index contributed by atoms with van der Waals surface area (Å²) < 4.78 is 13.2. The third-order valence-electron chi connectivity index (χ3n) is 5.83. The van der Waals surface area contributed by atoms with E-state index in [9.17, 15) is 9.59 Å². The lowest BCUT2D eigenvalue weighted by molar-refractivity contribution is -0.149. The van der Waals surface area contributed by atoms with Crippen molar-refractivity contribution < 1.29 is 14.3 Å². The van der Waals surface area contributed by atoms with Gasteiger partial charge in [-0.2, -0.15) is 9.78 Å². The summed E-state index contributed by atoms with van der Waals surface area (Å²) in [5, 5.41) is 6.95. The molecule has 8 heteroatoms. The zero-order valence-corrected chi connectivity index (χ0v) is 22.3. The van der Waals surface area contributed by atoms with E-state index >= 15 is 0 Å². The van der Waals surface area contributed by atoms with Crippen molar-refractivity contribution in [1.82, 2.24) is 9.66 Å². The summed E-state index contributed by atoms with van der Waals surface area (Å²) >= 11 is 3.44. The Morgan fingerprint density at radius 1 is 1.11 bits per heavy atom. The summed E-state index contributed by atoms with van der Waals surface area (Å²) in [5.41, 5.74) is 1.03. The van der Waals surface area contributed by atoms with Gasteiger partial charge in [0.2, 0.25) is 0 Å². The van der Waals surface area contributed by atoms with E-state index in [-0.39, 0.29) is 24.2 Å². The fourth-order valence-corrected chi connectivity index (χ4v) is 4.22. The van der Waals surface area contributed by atoms with E-state index in [1.807, 2.05) is 56.3 Å². The molecule has 0 unspecified atom stereocenters. The second kappa shape index (κ2) is 11.0. The molecule has 0 fully saturated rings. The molecule has 1 aromatic heterocycles. The Bertz CT molecular complexity index is 1510. The van der Waals surface area contributed by atoms with Crippen LogP contribution in [0, 0.1) is 0 Å². The van der Waals surface area contributed by atoms with Gasteiger partial charge in [-0.1, -0.05) is 60.1 Å². The highest BCUT2D eigenvalue weighted by Gasteiger charge is 2.17. The van der Waals surface area contributed by atoms with Crippen LogP contribution in [0.3, 0.4) is 0 Å². The first-order chi connectivity index (χ1) is 17.3. The fraction of sp³-hybridized carbons (Fsp3) is 0.286. The van der Waals surface area contributed by atoms with Crippen LogP contribution in [0.15, 0.2) is 69.0 Å². The first kappa shape index (κ1) is 25.6. The maximum atomic E-state index is 13.5. The predicted molar refractivity (Wildman–Crippen MR) is 146 cm³/mol. The number of nitrogens with zero attached hydrogens (tertiary/aromatic N) is 3. The molecule has 3 aromatic carbocycles. The molecule has 1 atom stereocenters. The second-order valence-electron chi connectivity index (χ2n) is 8.83. The van der Waals surface area contributed by atoms with Gasteiger partial charge in [-0.05, 0) is 55.3 Å². The van der Waals surface area contributed by atoms with Gasteiger partial charge in [0.25, 0.3) is 5.56 Å². The summed E-state index contributed by atoms with van der Waals surface area (Å²) in [7, 11) is 0. The molecular weight excluding hydrogens is 522 g/mol. The van der Waals surface area contributed by atoms with E-state index in [1.165, 1.54) is 4.68 Å². The molecule has 4 aromatic rings. The SMILES string of the molecule is CC[C@H](C)c1nc2ccc(Br)cc2c(=O)n1N=Cc1c(OCC(=O)OC(C)C)ccc2ccccc12. The lowest BCUT2D eigenvalue weighted by atomic mass is 10.0. The summed E-state index contributed by atoms with van der Waals surface area (Å²) in [4.78, 5) is 30.4. The van der Waals surface area contributed by atoms with E-state index in [0.717, 1.165) is 21.7 Å². The number of benzene rings is 3. The Morgan fingerprint density at radius 2 is 1.89 bits per heavy atom. The number of hydrogen-bond donors (Lipinski definition) is 0. The molecule has 0 spiro atoms. The van der Waals surface area contributed by atoms with Gasteiger partial charge in [0, 0.05) is 16.0 Å². The fourth-order valence-electron chi connectivity index (χ4n) is 3.86. The van der Waals surface area contributed by atoms with E-state index in [4.69, 9.17) is 14.5 Å². The zero-order valence-electron chi connectivity index (χ0n) is 20.7. The Balaban J connectivity index is 1.84. The van der Waals surface area contributed by atoms with E-state index < -0.39 is 5.97 Å². The lowest BCUT2D eigenvalue weighted by Gasteiger charge is -2.15. The van der Waals surface area contributed by atoms with Gasteiger partial charge in [-0.3, -0.25) is 4.79 Å². The third kappa shape index (κ3) is 5.49. The third-order valence-corrected chi connectivity index (χ3v) is 6.33. The van der Waals surface area contributed by atoms with Crippen LogP contribution in [0.1, 0.15) is 51.4 Å². The maximum absolute atomic E-state index is 13.5. The summed E-state index contributed by atoms with van der Waals surface area (Å²) in [6, 6.07) is 17.0. The maximum Gasteiger partial charge on any atom is 0.344 e. The van der Waals surface area contributed by atoms with E-state index in [1.54, 1.807) is 32.2 Å². The summed E-state index contributed by atoms with van der Waals surface area (Å²) in [6.07, 6.45) is 2.17. The standard InChI is InChI=1S/C28H28BrN3O4/c1-5-18(4)27-31-24-12-11-20(29)14-22(24)28(34)32(27)30-15-23-21-9-7-6-8-19(21)10-13-25(23)35-16-26(33)36-17(2)3/h6-15,17-18H,5,16H2,1-4H3/t18-/m0/s1. The number of hydrogen-bond acceptors (Lipinski definition) is 6. The first-order valence-corrected chi connectivity index (χ1v) is 12.7. The summed E-state index contributed by atoms with van der Waals surface area (Å²) in [5.74, 6) is 0.599. The largest absolute Gasteiger partial charge is 0.481 e. The Kier molecular flexibility index (Phi) is 7.84. The Labute approximate surface area is 217 Å². The van der Waals surface area contributed by atoms with Crippen molar-refractivity contribution in [3.8, 4) is 5.75 Å². The number of esters is 1. The van der Waals surface area contributed by atoms with Crippen LogP contribution in [0.25, 0.3) is 21.7 Å². The van der Waals surface area contributed by atoms with Crippen molar-refractivity contribution in [3.63, 3.8) is 0 Å². The second-order valence-corrected chi connectivity index (χ2v) is 9.74. The highest BCUT2D eigenvalue weighted by Crippen LogP contribution is 2.27. The molecule has 186 valence electrons. The number of rotatable bonds is 8. The first-order valence-electron chi connectivity index (χ1n) is 11.9. The van der Waals surface area contributed by atoms with Gasteiger partial charge in [0.15, 0.2) is 6.61 Å². The quantitative estimate of drug-likeness (QED) is 0.197. The zero-order chi connectivity index (χ0) is 25.8. The molecule has 0 radical (unpaired) electrons. The number of carbonyl (C=O) groups is 1. The minimum atomic E-state index is -0.458. The molecule has 36 heavy (non-hydrogen) atoms. The van der Waals surface area contributed by atoms with Crippen LogP contribution in [-0.2, 0) is 9.53 Å². The molecular formula is C28H28BrN3O4. The molecule has 1 heterocycles. The molecule has 0 aliphatic rings. The van der Waals surface area contributed by atoms with Crippen LogP contribution in [-0.4, -0.2) is 34.6 Å². The van der Waals surface area contributed by atoms with Crippen LogP contribution in [0.4, 0.5) is 0 Å². The molecule has 0 amide bonds. The van der Waals surface area contributed by atoms with E-state index in [2.05, 4.69) is 21.0 Å². The van der Waals surface area contributed by atoms with Crippen molar-refractivity contribution in [2.24, 2.45) is 5.10 Å². The van der Waals surface area contributed by atoms with Crippen LogP contribution in [0.2, 0.25) is 0 Å². The molecule has 4 rings (SSSR count). The topological polar surface area (TPSA) is 82.8 Å². The Morgan fingerprint density at radius 3 is 2.64 bits per heavy atom. The average Bonchev–Trinajstić information content (AvgIpc) is 2.86. The van der Waals surface area contributed by atoms with Crippen molar-refractivity contribution in [2.75, 3.05) is 6.61 Å². The van der Waals surface area contributed by atoms with Gasteiger partial charge >= 0.3 is 5.97 Å². The molecule has 7 nitrogen and oxygen atoms in total. The Hall–Kier alpha value is -3.52. The van der Waals surface area contributed by atoms with Crippen LogP contribution >= 0.6 is 15.9 Å². The number of halogens is 1. The molecule has 0 aliphatic heterocycles. The monoisotopic (exact) mass is 549 g/mol. The molecule has 0 aliphatic carbocycles. The molecule has 0 bridgehead atoms. The minimum Gasteiger partial charge on any atom is -0.481 e. The normalized spacial score (nSPS) is 12.5. The molecule has 0 saturated carbocycles. The van der Waals surface area contributed by atoms with Gasteiger partial charge in [0.05, 0.1) is 23.2 Å². The van der Waals surface area contributed by atoms with Crippen molar-refractivity contribution in [2.45, 2.75) is 46.1 Å². The van der Waals surface area contributed by atoms with E-state index in [0.29, 0.717) is 28.0 Å². The predicted octanol–water partition coefficient (Wildman–Crippen LogP) is 6.04. The number of fused-ring (bicyclic) bond motifs is 2.